The molecule has 2 rings (SSSR count). The van der Waals surface area contributed by atoms with Crippen LogP contribution in [0.5, 0.6) is 5.75 Å². The van der Waals surface area contributed by atoms with Crippen LogP contribution in [0.3, 0.4) is 0 Å². The molecule has 2 N–H and O–H groups in total. The zero-order valence-corrected chi connectivity index (χ0v) is 21.8. The quantitative estimate of drug-likeness (QED) is 0.280. The summed E-state index contributed by atoms with van der Waals surface area (Å²) in [6, 6.07) is 6.49. The van der Waals surface area contributed by atoms with E-state index in [-0.39, 0.29) is 35.8 Å². The fraction of sp³-hybridized carbons (Fsp3) is 0.667. The minimum atomic E-state index is -3.10. The van der Waals surface area contributed by atoms with Crippen LogP contribution >= 0.6 is 24.0 Å². The monoisotopic (exact) mass is 552 g/mol. The highest BCUT2D eigenvalue weighted by molar-refractivity contribution is 14.0. The van der Waals surface area contributed by atoms with Gasteiger partial charge in [0.05, 0.1) is 12.9 Å². The summed E-state index contributed by atoms with van der Waals surface area (Å²) < 4.78 is 31.5. The van der Waals surface area contributed by atoms with Crippen molar-refractivity contribution < 1.29 is 13.2 Å². The third-order valence-corrected chi connectivity index (χ3v) is 7.21. The molecule has 0 radical (unpaired) electrons. The lowest BCUT2D eigenvalue weighted by Crippen LogP contribution is -2.50. The third-order valence-electron chi connectivity index (χ3n) is 5.14. The number of benzene rings is 1. The van der Waals surface area contributed by atoms with Crippen LogP contribution in [-0.2, 0) is 16.4 Å². The number of piperidine rings is 1. The molecule has 0 bridgehead atoms. The van der Waals surface area contributed by atoms with Gasteiger partial charge in [-0.05, 0) is 56.7 Å². The highest BCUT2D eigenvalue weighted by Gasteiger charge is 2.27. The first-order valence-corrected chi connectivity index (χ1v) is 12.2. The first kappa shape index (κ1) is 27.0. The van der Waals surface area contributed by atoms with Gasteiger partial charge in [-0.1, -0.05) is 19.1 Å². The summed E-state index contributed by atoms with van der Waals surface area (Å²) in [5, 5.41) is 6.76. The first-order chi connectivity index (χ1) is 13.9. The Labute approximate surface area is 199 Å². The smallest absolute Gasteiger partial charge is 0.214 e. The molecule has 1 aromatic carbocycles. The molecule has 0 saturated carbocycles. The second-order valence-corrected chi connectivity index (χ2v) is 9.54. The van der Waals surface area contributed by atoms with Gasteiger partial charge in [-0.25, -0.2) is 12.7 Å². The molecule has 30 heavy (non-hydrogen) atoms. The summed E-state index contributed by atoms with van der Waals surface area (Å²) in [6.07, 6.45) is 3.08. The summed E-state index contributed by atoms with van der Waals surface area (Å²) in [6.45, 7) is 8.58. The van der Waals surface area contributed by atoms with Crippen LogP contribution in [0.15, 0.2) is 23.2 Å². The Balaban J connectivity index is 0.00000450. The normalized spacial score (nSPS) is 16.1. The number of methoxy groups -OCH3 is 1. The maximum Gasteiger partial charge on any atom is 0.214 e. The van der Waals surface area contributed by atoms with Crippen LogP contribution in [-0.4, -0.2) is 63.8 Å². The van der Waals surface area contributed by atoms with Gasteiger partial charge in [0, 0.05) is 32.2 Å². The van der Waals surface area contributed by atoms with Crippen LogP contribution in [0.4, 0.5) is 0 Å². The number of aryl methyl sites for hydroxylation is 1. The number of nitrogens with zero attached hydrogens (tertiary/aromatic N) is 2. The van der Waals surface area contributed by atoms with Crippen molar-refractivity contribution in [3.05, 3.63) is 29.3 Å². The van der Waals surface area contributed by atoms with Crippen molar-refractivity contribution >= 4 is 40.0 Å². The molecule has 1 aliphatic heterocycles. The van der Waals surface area contributed by atoms with Crippen LogP contribution < -0.4 is 15.4 Å². The molecular formula is C21H37IN4O3S. The van der Waals surface area contributed by atoms with Crippen molar-refractivity contribution in [2.45, 2.75) is 52.5 Å². The molecule has 172 valence electrons. The van der Waals surface area contributed by atoms with Crippen molar-refractivity contribution in [2.75, 3.05) is 39.0 Å². The van der Waals surface area contributed by atoms with Crippen molar-refractivity contribution in [3.63, 3.8) is 0 Å². The Morgan fingerprint density at radius 1 is 1.27 bits per heavy atom. The molecule has 1 heterocycles. The second-order valence-electron chi connectivity index (χ2n) is 7.45. The lowest BCUT2D eigenvalue weighted by Gasteiger charge is -2.32. The van der Waals surface area contributed by atoms with E-state index in [0.29, 0.717) is 26.1 Å². The lowest BCUT2D eigenvalue weighted by molar-refractivity contribution is 0.306. The SMILES string of the molecule is CCCS(=O)(=O)N1CCC(NC(=NCCc2ccc(C)c(OC)c2)NCC)CC1.I. The molecule has 0 aromatic heterocycles. The Hall–Kier alpha value is -1.07. The lowest BCUT2D eigenvalue weighted by atomic mass is 10.1. The zero-order chi connectivity index (χ0) is 21.3. The van der Waals surface area contributed by atoms with E-state index in [1.165, 1.54) is 5.56 Å². The van der Waals surface area contributed by atoms with Gasteiger partial charge in [0.25, 0.3) is 0 Å². The summed E-state index contributed by atoms with van der Waals surface area (Å²) >= 11 is 0. The van der Waals surface area contributed by atoms with Crippen molar-refractivity contribution in [1.29, 1.82) is 0 Å². The number of aliphatic imine (C=N–C) groups is 1. The Morgan fingerprint density at radius 2 is 1.97 bits per heavy atom. The van der Waals surface area contributed by atoms with E-state index < -0.39 is 10.0 Å². The zero-order valence-electron chi connectivity index (χ0n) is 18.6. The summed E-state index contributed by atoms with van der Waals surface area (Å²) in [5.74, 6) is 1.93. The number of rotatable bonds is 9. The van der Waals surface area contributed by atoms with Crippen LogP contribution in [0, 0.1) is 6.92 Å². The number of nitrogens with one attached hydrogen (secondary N) is 2. The molecule has 0 atom stereocenters. The Morgan fingerprint density at radius 3 is 2.57 bits per heavy atom. The fourth-order valence-corrected chi connectivity index (χ4v) is 5.04. The summed E-state index contributed by atoms with van der Waals surface area (Å²) in [5.41, 5.74) is 2.32. The number of hydrogen-bond donors (Lipinski definition) is 2. The Kier molecular flexibility index (Phi) is 12.0. The average molecular weight is 553 g/mol. The molecule has 9 heteroatoms. The average Bonchev–Trinajstić information content (AvgIpc) is 2.69. The number of guanidine groups is 1. The molecule has 0 unspecified atom stereocenters. The maximum atomic E-state index is 12.2. The van der Waals surface area contributed by atoms with Gasteiger partial charge in [0.1, 0.15) is 5.75 Å². The molecule has 0 amide bonds. The molecule has 1 aliphatic rings. The number of halogens is 1. The third kappa shape index (κ3) is 8.22. The molecule has 0 aliphatic carbocycles. The van der Waals surface area contributed by atoms with Gasteiger partial charge in [0.15, 0.2) is 5.96 Å². The first-order valence-electron chi connectivity index (χ1n) is 10.6. The van der Waals surface area contributed by atoms with E-state index >= 15 is 0 Å². The molecule has 0 spiro atoms. The van der Waals surface area contributed by atoms with Crippen LogP contribution in [0.1, 0.15) is 44.2 Å². The topological polar surface area (TPSA) is 83.0 Å². The van der Waals surface area contributed by atoms with Gasteiger partial charge in [0.2, 0.25) is 10.0 Å². The van der Waals surface area contributed by atoms with Gasteiger partial charge in [-0.2, -0.15) is 0 Å². The molecule has 1 fully saturated rings. The van der Waals surface area contributed by atoms with Crippen molar-refractivity contribution in [3.8, 4) is 5.75 Å². The predicted octanol–water partition coefficient (Wildman–Crippen LogP) is 2.92. The van der Waals surface area contributed by atoms with E-state index in [4.69, 9.17) is 9.73 Å². The standard InChI is InChI=1S/C21H36N4O3S.HI/c1-5-15-29(26,27)25-13-10-19(11-14-25)24-21(22-6-2)23-12-9-18-8-7-17(3)20(16-18)28-4;/h7-8,16,19H,5-6,9-15H2,1-4H3,(H2,22,23,24);1H. The summed E-state index contributed by atoms with van der Waals surface area (Å²) in [4.78, 5) is 4.70. The predicted molar refractivity (Wildman–Crippen MR) is 135 cm³/mol. The van der Waals surface area contributed by atoms with Crippen LogP contribution in [0.2, 0.25) is 0 Å². The van der Waals surface area contributed by atoms with Crippen molar-refractivity contribution in [2.24, 2.45) is 4.99 Å². The Bertz CT molecular complexity index is 778. The highest BCUT2D eigenvalue weighted by atomic mass is 127. The van der Waals surface area contributed by atoms with E-state index in [1.54, 1.807) is 11.4 Å². The molecule has 1 saturated heterocycles. The number of hydrogen-bond acceptors (Lipinski definition) is 4. The van der Waals surface area contributed by atoms with Crippen molar-refractivity contribution in [1.82, 2.24) is 14.9 Å². The van der Waals surface area contributed by atoms with Gasteiger partial charge < -0.3 is 15.4 Å². The number of sulfonamides is 1. The largest absolute Gasteiger partial charge is 0.496 e. The number of ether oxygens (including phenoxy) is 1. The van der Waals surface area contributed by atoms with E-state index in [2.05, 4.69) is 28.8 Å². The maximum absolute atomic E-state index is 12.2. The van der Waals surface area contributed by atoms with Crippen LogP contribution in [0.25, 0.3) is 0 Å². The minimum absolute atomic E-state index is 0. The van der Waals surface area contributed by atoms with Gasteiger partial charge in [-0.15, -0.1) is 24.0 Å². The highest BCUT2D eigenvalue weighted by Crippen LogP contribution is 2.19. The van der Waals surface area contributed by atoms with E-state index in [0.717, 1.165) is 43.1 Å². The van der Waals surface area contributed by atoms with E-state index in [1.807, 2.05) is 20.8 Å². The summed E-state index contributed by atoms with van der Waals surface area (Å²) in [7, 11) is -1.41. The minimum Gasteiger partial charge on any atom is -0.496 e. The fourth-order valence-electron chi connectivity index (χ4n) is 3.50. The molecule has 1 aromatic rings. The molecular weight excluding hydrogens is 515 g/mol. The second kappa shape index (κ2) is 13.4. The van der Waals surface area contributed by atoms with E-state index in [9.17, 15) is 8.42 Å². The molecule has 7 nitrogen and oxygen atoms in total. The van der Waals surface area contributed by atoms with Gasteiger partial charge >= 0.3 is 0 Å². The van der Waals surface area contributed by atoms with Gasteiger partial charge in [-0.3, -0.25) is 4.99 Å².